The molecule has 2 aromatic rings. The first kappa shape index (κ1) is 20.9. The van der Waals surface area contributed by atoms with Crippen LogP contribution in [0.15, 0.2) is 48.5 Å². The van der Waals surface area contributed by atoms with Gasteiger partial charge in [-0.2, -0.15) is 0 Å². The second-order valence-corrected chi connectivity index (χ2v) is 6.96. The molecule has 6 nitrogen and oxygen atoms in total. The maximum atomic E-state index is 12.4. The Morgan fingerprint density at radius 3 is 2.11 bits per heavy atom. The Morgan fingerprint density at radius 2 is 1.59 bits per heavy atom. The molecule has 0 aromatic heterocycles. The van der Waals surface area contributed by atoms with Gasteiger partial charge in [-0.1, -0.05) is 11.6 Å². The molecule has 2 rings (SSSR count). The summed E-state index contributed by atoms with van der Waals surface area (Å²) in [4.78, 5) is 24.6. The Labute approximate surface area is 162 Å². The number of nitrogens with one attached hydrogen (secondary N) is 1. The van der Waals surface area contributed by atoms with Crippen LogP contribution in [0, 0.1) is 0 Å². The monoisotopic (exact) mass is 391 g/mol. The first-order valence-electron chi connectivity index (χ1n) is 8.39. The first-order valence-corrected chi connectivity index (χ1v) is 8.77. The minimum absolute atomic E-state index is 0.0728. The molecule has 0 radical (unpaired) electrons. The second-order valence-electron chi connectivity index (χ2n) is 6.52. The minimum Gasteiger partial charge on any atom is -0.478 e. The SMILES string of the molecule is CC(C)(Oc1ccc(C(=O)c2ccc(Cl)cc2)cc1)C(=O)NCC(O)CO. The predicted octanol–water partition coefficient (Wildman–Crippen LogP) is 2.20. The van der Waals surface area contributed by atoms with Crippen molar-refractivity contribution >= 4 is 23.3 Å². The van der Waals surface area contributed by atoms with Gasteiger partial charge in [-0.3, -0.25) is 9.59 Å². The molecule has 0 aliphatic heterocycles. The van der Waals surface area contributed by atoms with Gasteiger partial charge in [-0.25, -0.2) is 0 Å². The number of carbonyl (C=O) groups is 2. The van der Waals surface area contributed by atoms with Crippen LogP contribution in [-0.4, -0.2) is 46.8 Å². The highest BCUT2D eigenvalue weighted by Gasteiger charge is 2.30. The van der Waals surface area contributed by atoms with Crippen LogP contribution in [0.25, 0.3) is 0 Å². The van der Waals surface area contributed by atoms with Gasteiger partial charge in [0.1, 0.15) is 5.75 Å². The summed E-state index contributed by atoms with van der Waals surface area (Å²) in [7, 11) is 0. The van der Waals surface area contributed by atoms with Crippen molar-refractivity contribution in [3.05, 3.63) is 64.7 Å². The topological polar surface area (TPSA) is 95.9 Å². The molecular weight excluding hydrogens is 370 g/mol. The fraction of sp³-hybridized carbons (Fsp3) is 0.300. The van der Waals surface area contributed by atoms with E-state index in [4.69, 9.17) is 21.4 Å². The predicted molar refractivity (Wildman–Crippen MR) is 102 cm³/mol. The van der Waals surface area contributed by atoms with Gasteiger partial charge < -0.3 is 20.3 Å². The summed E-state index contributed by atoms with van der Waals surface area (Å²) in [5.41, 5.74) is -0.190. The quantitative estimate of drug-likeness (QED) is 0.599. The zero-order valence-electron chi connectivity index (χ0n) is 15.1. The van der Waals surface area contributed by atoms with Gasteiger partial charge in [0.2, 0.25) is 0 Å². The Hall–Kier alpha value is -2.41. The molecule has 7 heteroatoms. The first-order chi connectivity index (χ1) is 12.7. The molecule has 0 fully saturated rings. The van der Waals surface area contributed by atoms with E-state index in [-0.39, 0.29) is 12.3 Å². The van der Waals surface area contributed by atoms with E-state index in [1.54, 1.807) is 62.4 Å². The van der Waals surface area contributed by atoms with E-state index in [9.17, 15) is 14.7 Å². The lowest BCUT2D eigenvalue weighted by atomic mass is 10.0. The molecule has 0 heterocycles. The van der Waals surface area contributed by atoms with Gasteiger partial charge in [0.15, 0.2) is 11.4 Å². The van der Waals surface area contributed by atoms with Gasteiger partial charge in [0.25, 0.3) is 5.91 Å². The summed E-state index contributed by atoms with van der Waals surface area (Å²) >= 11 is 5.83. The lowest BCUT2D eigenvalue weighted by Gasteiger charge is -2.26. The van der Waals surface area contributed by atoms with E-state index in [0.717, 1.165) is 0 Å². The number of hydrogen-bond donors (Lipinski definition) is 3. The molecular formula is C20H22ClNO5. The molecule has 0 aliphatic carbocycles. The van der Waals surface area contributed by atoms with Gasteiger partial charge in [-0.05, 0) is 62.4 Å². The second kappa shape index (κ2) is 8.99. The summed E-state index contributed by atoms with van der Waals surface area (Å²) in [6.45, 7) is 2.65. The van der Waals surface area contributed by atoms with Crippen LogP contribution in [0.2, 0.25) is 5.02 Å². The number of carbonyl (C=O) groups excluding carboxylic acids is 2. The van der Waals surface area contributed by atoms with Crippen LogP contribution in [-0.2, 0) is 4.79 Å². The molecule has 1 atom stereocenters. The third kappa shape index (κ3) is 5.79. The molecule has 0 bridgehead atoms. The summed E-state index contributed by atoms with van der Waals surface area (Å²) in [5, 5.41) is 21.2. The smallest absolute Gasteiger partial charge is 0.263 e. The molecule has 0 aliphatic rings. The molecule has 0 saturated heterocycles. The number of ether oxygens (including phenoxy) is 1. The van der Waals surface area contributed by atoms with Crippen LogP contribution in [0.4, 0.5) is 0 Å². The summed E-state index contributed by atoms with van der Waals surface area (Å²) in [5.74, 6) is -0.157. The fourth-order valence-electron chi connectivity index (χ4n) is 2.27. The van der Waals surface area contributed by atoms with Gasteiger partial charge in [0, 0.05) is 22.7 Å². The molecule has 27 heavy (non-hydrogen) atoms. The van der Waals surface area contributed by atoms with Crippen LogP contribution in [0.1, 0.15) is 29.8 Å². The van der Waals surface area contributed by atoms with Crippen LogP contribution in [0.5, 0.6) is 5.75 Å². The van der Waals surface area contributed by atoms with E-state index in [2.05, 4.69) is 5.32 Å². The average molecular weight is 392 g/mol. The number of aliphatic hydroxyl groups is 2. The zero-order chi connectivity index (χ0) is 20.0. The normalized spacial score (nSPS) is 12.3. The Kier molecular flexibility index (Phi) is 6.96. The van der Waals surface area contributed by atoms with E-state index in [1.807, 2.05) is 0 Å². The molecule has 0 spiro atoms. The highest BCUT2D eigenvalue weighted by atomic mass is 35.5. The standard InChI is InChI=1S/C20H22ClNO5/c1-20(2,19(26)22-11-16(24)12-23)27-17-9-5-14(6-10-17)18(25)13-3-7-15(21)8-4-13/h3-10,16,23-24H,11-12H2,1-2H3,(H,22,26). The minimum atomic E-state index is -1.20. The molecule has 0 saturated carbocycles. The number of benzene rings is 2. The Morgan fingerprint density at radius 1 is 1.07 bits per heavy atom. The molecule has 1 amide bonds. The summed E-state index contributed by atoms with van der Waals surface area (Å²) < 4.78 is 5.70. The van der Waals surface area contributed by atoms with Crippen LogP contribution in [0.3, 0.4) is 0 Å². The van der Waals surface area contributed by atoms with E-state index in [1.165, 1.54) is 0 Å². The lowest BCUT2D eigenvalue weighted by Crippen LogP contribution is -2.48. The fourth-order valence-corrected chi connectivity index (χ4v) is 2.40. The van der Waals surface area contributed by atoms with Crippen molar-refractivity contribution in [2.75, 3.05) is 13.2 Å². The number of rotatable bonds is 8. The highest BCUT2D eigenvalue weighted by Crippen LogP contribution is 2.21. The third-order valence-corrected chi connectivity index (χ3v) is 4.10. The zero-order valence-corrected chi connectivity index (χ0v) is 15.9. The third-order valence-electron chi connectivity index (χ3n) is 3.85. The molecule has 3 N–H and O–H groups in total. The molecule has 2 aromatic carbocycles. The Balaban J connectivity index is 2.02. The highest BCUT2D eigenvalue weighted by molar-refractivity contribution is 6.30. The number of ketones is 1. The van der Waals surface area contributed by atoms with Gasteiger partial charge >= 0.3 is 0 Å². The number of hydrogen-bond acceptors (Lipinski definition) is 5. The van der Waals surface area contributed by atoms with E-state index < -0.39 is 24.2 Å². The Bertz CT molecular complexity index is 787. The van der Waals surface area contributed by atoms with Gasteiger partial charge in [-0.15, -0.1) is 0 Å². The van der Waals surface area contributed by atoms with Crippen molar-refractivity contribution < 1.29 is 24.5 Å². The largest absolute Gasteiger partial charge is 0.478 e. The van der Waals surface area contributed by atoms with Crippen molar-refractivity contribution in [2.45, 2.75) is 25.6 Å². The van der Waals surface area contributed by atoms with Crippen molar-refractivity contribution in [3.63, 3.8) is 0 Å². The van der Waals surface area contributed by atoms with Crippen molar-refractivity contribution in [1.29, 1.82) is 0 Å². The summed E-state index contributed by atoms with van der Waals surface area (Å²) in [6, 6.07) is 13.1. The van der Waals surface area contributed by atoms with E-state index in [0.29, 0.717) is 21.9 Å². The van der Waals surface area contributed by atoms with Crippen LogP contribution >= 0.6 is 11.6 Å². The summed E-state index contributed by atoms with van der Waals surface area (Å²) in [6.07, 6.45) is -1.03. The lowest BCUT2D eigenvalue weighted by molar-refractivity contribution is -0.134. The number of halogens is 1. The molecule has 144 valence electrons. The van der Waals surface area contributed by atoms with Crippen molar-refractivity contribution in [1.82, 2.24) is 5.32 Å². The van der Waals surface area contributed by atoms with Crippen LogP contribution < -0.4 is 10.1 Å². The van der Waals surface area contributed by atoms with Gasteiger partial charge in [0.05, 0.1) is 12.7 Å². The average Bonchev–Trinajstić information content (AvgIpc) is 2.66. The number of aliphatic hydroxyl groups excluding tert-OH is 2. The van der Waals surface area contributed by atoms with Crippen molar-refractivity contribution in [2.24, 2.45) is 0 Å². The van der Waals surface area contributed by atoms with Crippen molar-refractivity contribution in [3.8, 4) is 5.75 Å². The van der Waals surface area contributed by atoms with E-state index >= 15 is 0 Å². The number of amides is 1. The maximum Gasteiger partial charge on any atom is 0.263 e. The molecule has 1 unspecified atom stereocenters. The maximum absolute atomic E-state index is 12.4.